The van der Waals surface area contributed by atoms with Crippen LogP contribution in [-0.4, -0.2) is 40.8 Å². The molecule has 18 heavy (non-hydrogen) atoms. The zero-order valence-corrected chi connectivity index (χ0v) is 12.1. The van der Waals surface area contributed by atoms with Gasteiger partial charge >= 0.3 is 0 Å². The van der Waals surface area contributed by atoms with E-state index in [0.29, 0.717) is 24.4 Å². The summed E-state index contributed by atoms with van der Waals surface area (Å²) >= 11 is 0. The van der Waals surface area contributed by atoms with E-state index in [2.05, 4.69) is 41.2 Å². The first-order valence-corrected chi connectivity index (χ1v) is 6.90. The van der Waals surface area contributed by atoms with E-state index < -0.39 is 0 Å². The van der Waals surface area contributed by atoms with E-state index in [-0.39, 0.29) is 0 Å². The van der Waals surface area contributed by atoms with Gasteiger partial charge in [0.05, 0.1) is 6.54 Å². The Morgan fingerprint density at radius 1 is 1.28 bits per heavy atom. The average Bonchev–Trinajstić information content (AvgIpc) is 2.78. The van der Waals surface area contributed by atoms with Crippen molar-refractivity contribution in [2.24, 2.45) is 0 Å². The highest BCUT2D eigenvalue weighted by molar-refractivity contribution is 4.79. The molecule has 0 fully saturated rings. The van der Waals surface area contributed by atoms with E-state index in [1.54, 1.807) is 0 Å². The van der Waals surface area contributed by atoms with Gasteiger partial charge in [0.2, 0.25) is 11.8 Å². The fourth-order valence-electron chi connectivity index (χ4n) is 1.93. The minimum atomic E-state index is 0.479. The van der Waals surface area contributed by atoms with Gasteiger partial charge in [-0.15, -0.1) is 10.2 Å². The predicted molar refractivity (Wildman–Crippen MR) is 72.4 cm³/mol. The summed E-state index contributed by atoms with van der Waals surface area (Å²) in [6, 6.07) is 0.479. The van der Waals surface area contributed by atoms with Crippen molar-refractivity contribution in [3.63, 3.8) is 0 Å². The molecule has 1 N–H and O–H groups in total. The minimum absolute atomic E-state index is 0.479. The van der Waals surface area contributed by atoms with Crippen molar-refractivity contribution in [2.75, 3.05) is 19.6 Å². The molecule has 0 aliphatic heterocycles. The summed E-state index contributed by atoms with van der Waals surface area (Å²) in [5.41, 5.74) is 0. The van der Waals surface area contributed by atoms with Crippen LogP contribution >= 0.6 is 0 Å². The lowest BCUT2D eigenvalue weighted by Gasteiger charge is -2.19. The summed E-state index contributed by atoms with van der Waals surface area (Å²) < 4.78 is 5.32. The van der Waals surface area contributed by atoms with Gasteiger partial charge in [0, 0.05) is 13.0 Å². The lowest BCUT2D eigenvalue weighted by atomic mass is 10.2. The van der Waals surface area contributed by atoms with Crippen LogP contribution in [-0.2, 0) is 6.54 Å². The molecule has 0 bridgehead atoms. The van der Waals surface area contributed by atoms with Crippen LogP contribution < -0.4 is 5.32 Å². The first-order valence-electron chi connectivity index (χ1n) is 6.90. The van der Waals surface area contributed by atoms with Crippen molar-refractivity contribution >= 4 is 0 Å². The molecule has 1 heterocycles. The summed E-state index contributed by atoms with van der Waals surface area (Å²) in [7, 11) is 0. The Balaban J connectivity index is 2.12. The number of hydrogen-bond donors (Lipinski definition) is 1. The molecule has 0 aliphatic carbocycles. The second-order valence-corrected chi connectivity index (χ2v) is 4.67. The topological polar surface area (TPSA) is 54.2 Å². The Labute approximate surface area is 110 Å². The SMILES string of the molecule is CCN(CC)CCCC(C)NCc1nnc(C)o1. The maximum atomic E-state index is 5.32. The van der Waals surface area contributed by atoms with Gasteiger partial charge in [-0.1, -0.05) is 13.8 Å². The molecule has 0 saturated heterocycles. The Morgan fingerprint density at radius 3 is 2.56 bits per heavy atom. The summed E-state index contributed by atoms with van der Waals surface area (Å²) in [4.78, 5) is 2.45. The van der Waals surface area contributed by atoms with Gasteiger partial charge in [0.1, 0.15) is 0 Å². The Morgan fingerprint density at radius 2 is 2.00 bits per heavy atom. The van der Waals surface area contributed by atoms with Gasteiger partial charge in [0.25, 0.3) is 0 Å². The van der Waals surface area contributed by atoms with Crippen molar-refractivity contribution in [3.8, 4) is 0 Å². The van der Waals surface area contributed by atoms with Crippen LogP contribution in [0.1, 0.15) is 45.4 Å². The molecule has 0 spiro atoms. The third kappa shape index (κ3) is 5.60. The molecule has 1 rings (SSSR count). The smallest absolute Gasteiger partial charge is 0.230 e. The fraction of sp³-hybridized carbons (Fsp3) is 0.846. The monoisotopic (exact) mass is 254 g/mol. The van der Waals surface area contributed by atoms with Crippen molar-refractivity contribution in [1.82, 2.24) is 20.4 Å². The van der Waals surface area contributed by atoms with E-state index in [0.717, 1.165) is 13.1 Å². The molecule has 1 aromatic rings. The highest BCUT2D eigenvalue weighted by Crippen LogP contribution is 2.02. The molecule has 5 nitrogen and oxygen atoms in total. The van der Waals surface area contributed by atoms with E-state index in [1.165, 1.54) is 19.4 Å². The number of nitrogens with one attached hydrogen (secondary N) is 1. The lowest BCUT2D eigenvalue weighted by Crippen LogP contribution is -2.28. The average molecular weight is 254 g/mol. The Bertz CT molecular complexity index is 323. The van der Waals surface area contributed by atoms with E-state index in [4.69, 9.17) is 4.42 Å². The van der Waals surface area contributed by atoms with Crippen molar-refractivity contribution < 1.29 is 4.42 Å². The molecule has 1 atom stereocenters. The highest BCUT2D eigenvalue weighted by Gasteiger charge is 2.06. The molecule has 0 radical (unpaired) electrons. The maximum Gasteiger partial charge on any atom is 0.230 e. The van der Waals surface area contributed by atoms with Gasteiger partial charge in [-0.2, -0.15) is 0 Å². The van der Waals surface area contributed by atoms with Crippen molar-refractivity contribution in [1.29, 1.82) is 0 Å². The zero-order valence-electron chi connectivity index (χ0n) is 12.1. The molecule has 1 unspecified atom stereocenters. The molecule has 104 valence electrons. The third-order valence-electron chi connectivity index (χ3n) is 3.18. The molecule has 0 saturated carbocycles. The van der Waals surface area contributed by atoms with E-state index in [1.807, 2.05) is 6.92 Å². The minimum Gasteiger partial charge on any atom is -0.424 e. The Hall–Kier alpha value is -0.940. The van der Waals surface area contributed by atoms with Crippen LogP contribution in [0.5, 0.6) is 0 Å². The normalized spacial score (nSPS) is 13.2. The standard InChI is InChI=1S/C13H26N4O/c1-5-17(6-2)9-7-8-11(3)14-10-13-16-15-12(4)18-13/h11,14H,5-10H2,1-4H3. The van der Waals surface area contributed by atoms with Crippen molar-refractivity contribution in [2.45, 2.75) is 53.1 Å². The second kappa shape index (κ2) is 8.21. The predicted octanol–water partition coefficient (Wildman–Crippen LogP) is 1.98. The zero-order chi connectivity index (χ0) is 13.4. The number of hydrogen-bond acceptors (Lipinski definition) is 5. The van der Waals surface area contributed by atoms with Crippen molar-refractivity contribution in [3.05, 3.63) is 11.8 Å². The molecule has 1 aromatic heterocycles. The van der Waals surface area contributed by atoms with Crippen LogP contribution in [0.2, 0.25) is 0 Å². The number of aromatic nitrogens is 2. The number of aryl methyl sites for hydroxylation is 1. The molecule has 5 heteroatoms. The van der Waals surface area contributed by atoms with Crippen LogP contribution in [0.15, 0.2) is 4.42 Å². The lowest BCUT2D eigenvalue weighted by molar-refractivity contribution is 0.289. The summed E-state index contributed by atoms with van der Waals surface area (Å²) in [5, 5.41) is 11.2. The van der Waals surface area contributed by atoms with Gasteiger partial charge in [-0.3, -0.25) is 0 Å². The molecule has 0 aliphatic rings. The van der Waals surface area contributed by atoms with E-state index in [9.17, 15) is 0 Å². The van der Waals surface area contributed by atoms with Crippen LogP contribution in [0.3, 0.4) is 0 Å². The van der Waals surface area contributed by atoms with Gasteiger partial charge < -0.3 is 14.6 Å². The van der Waals surface area contributed by atoms with Crippen LogP contribution in [0.4, 0.5) is 0 Å². The Kier molecular flexibility index (Phi) is 6.90. The molecule has 0 aromatic carbocycles. The first kappa shape index (κ1) is 15.1. The van der Waals surface area contributed by atoms with E-state index >= 15 is 0 Å². The summed E-state index contributed by atoms with van der Waals surface area (Å²) in [6.45, 7) is 12.5. The first-order chi connectivity index (χ1) is 8.65. The molecular formula is C13H26N4O. The second-order valence-electron chi connectivity index (χ2n) is 4.67. The van der Waals surface area contributed by atoms with Gasteiger partial charge in [-0.05, 0) is 39.4 Å². The fourth-order valence-corrected chi connectivity index (χ4v) is 1.93. The molecular weight excluding hydrogens is 228 g/mol. The van der Waals surface area contributed by atoms with Crippen LogP contribution in [0.25, 0.3) is 0 Å². The number of nitrogens with zero attached hydrogens (tertiary/aromatic N) is 3. The third-order valence-corrected chi connectivity index (χ3v) is 3.18. The summed E-state index contributed by atoms with van der Waals surface area (Å²) in [6.07, 6.45) is 2.39. The quantitative estimate of drug-likeness (QED) is 0.730. The molecule has 0 amide bonds. The largest absolute Gasteiger partial charge is 0.424 e. The summed E-state index contributed by atoms with van der Waals surface area (Å²) in [5.74, 6) is 1.30. The van der Waals surface area contributed by atoms with Crippen LogP contribution in [0, 0.1) is 6.92 Å². The van der Waals surface area contributed by atoms with Gasteiger partial charge in [-0.25, -0.2) is 0 Å². The van der Waals surface area contributed by atoms with Gasteiger partial charge in [0.15, 0.2) is 0 Å². The number of rotatable bonds is 9. The highest BCUT2D eigenvalue weighted by atomic mass is 16.4. The maximum absolute atomic E-state index is 5.32.